The predicted octanol–water partition coefficient (Wildman–Crippen LogP) is 5.89. The first-order chi connectivity index (χ1) is 13.0. The number of carbonyl (C=O) groups is 2. The van der Waals surface area contributed by atoms with Crippen LogP contribution in [0.5, 0.6) is 0 Å². The number of anilines is 1. The Balaban J connectivity index is 1.68. The summed E-state index contributed by atoms with van der Waals surface area (Å²) in [6.45, 7) is 1.98. The standard InChI is InChI=1S/C21H15NO3S2/c1-12-2-4-13(5-3-12)19-18(21(24)25)16(11-27-19)22-20(23)15-6-7-17-14(10-15)8-9-26-17/h2-11H,1H3,(H,22,23)(H,24,25). The first-order valence-electron chi connectivity index (χ1n) is 8.23. The van der Waals surface area contributed by atoms with Gasteiger partial charge in [0.25, 0.3) is 5.91 Å². The zero-order valence-electron chi connectivity index (χ0n) is 14.4. The Hall–Kier alpha value is -2.96. The molecule has 0 bridgehead atoms. The Morgan fingerprint density at radius 1 is 1.00 bits per heavy atom. The van der Waals surface area contributed by atoms with Crippen molar-refractivity contribution in [2.45, 2.75) is 6.92 Å². The molecule has 0 saturated carbocycles. The average molecular weight is 393 g/mol. The van der Waals surface area contributed by atoms with Crippen molar-refractivity contribution in [2.75, 3.05) is 5.32 Å². The van der Waals surface area contributed by atoms with Crippen molar-refractivity contribution < 1.29 is 14.7 Å². The lowest BCUT2D eigenvalue weighted by Crippen LogP contribution is -2.13. The third-order valence-corrected chi connectivity index (χ3v) is 6.21. The first kappa shape index (κ1) is 17.5. The van der Waals surface area contributed by atoms with Gasteiger partial charge >= 0.3 is 5.97 Å². The first-order valence-corrected chi connectivity index (χ1v) is 9.99. The van der Waals surface area contributed by atoms with Gasteiger partial charge in [0.2, 0.25) is 0 Å². The second-order valence-electron chi connectivity index (χ2n) is 6.15. The van der Waals surface area contributed by atoms with E-state index < -0.39 is 5.97 Å². The summed E-state index contributed by atoms with van der Waals surface area (Å²) in [7, 11) is 0. The largest absolute Gasteiger partial charge is 0.478 e. The maximum absolute atomic E-state index is 12.6. The third-order valence-electron chi connectivity index (χ3n) is 4.28. The highest BCUT2D eigenvalue weighted by atomic mass is 32.1. The molecule has 0 aliphatic rings. The Bertz CT molecular complexity index is 1160. The van der Waals surface area contributed by atoms with Gasteiger partial charge in [-0.05, 0) is 47.5 Å². The lowest BCUT2D eigenvalue weighted by molar-refractivity contribution is 0.0699. The molecule has 0 unspecified atom stereocenters. The summed E-state index contributed by atoms with van der Waals surface area (Å²) in [5.74, 6) is -1.38. The fraction of sp³-hybridized carbons (Fsp3) is 0.0476. The number of carboxylic acids is 1. The van der Waals surface area contributed by atoms with Crippen molar-refractivity contribution in [1.29, 1.82) is 0 Å². The number of carboxylic acid groups (broad SMARTS) is 1. The predicted molar refractivity (Wildman–Crippen MR) is 111 cm³/mol. The molecule has 6 heteroatoms. The van der Waals surface area contributed by atoms with Crippen LogP contribution < -0.4 is 5.32 Å². The van der Waals surface area contributed by atoms with Crippen LogP contribution >= 0.6 is 22.7 Å². The van der Waals surface area contributed by atoms with Gasteiger partial charge in [0.05, 0.1) is 10.6 Å². The number of rotatable bonds is 4. The van der Waals surface area contributed by atoms with E-state index in [0.29, 0.717) is 16.1 Å². The second kappa shape index (κ2) is 6.98. The van der Waals surface area contributed by atoms with E-state index in [0.717, 1.165) is 21.2 Å². The summed E-state index contributed by atoms with van der Waals surface area (Å²) in [5.41, 5.74) is 2.86. The molecule has 0 aliphatic carbocycles. The number of aryl methyl sites for hydroxylation is 1. The van der Waals surface area contributed by atoms with Crippen LogP contribution in [0.2, 0.25) is 0 Å². The molecule has 2 aromatic carbocycles. The molecule has 0 fully saturated rings. The highest BCUT2D eigenvalue weighted by Gasteiger charge is 2.21. The lowest BCUT2D eigenvalue weighted by atomic mass is 10.1. The van der Waals surface area contributed by atoms with E-state index in [4.69, 9.17) is 0 Å². The minimum Gasteiger partial charge on any atom is -0.478 e. The molecule has 0 spiro atoms. The van der Waals surface area contributed by atoms with E-state index in [2.05, 4.69) is 5.32 Å². The molecule has 1 amide bonds. The summed E-state index contributed by atoms with van der Waals surface area (Å²) >= 11 is 2.92. The Kier molecular flexibility index (Phi) is 4.51. The number of benzene rings is 2. The number of thiophene rings is 2. The van der Waals surface area contributed by atoms with Gasteiger partial charge in [-0.3, -0.25) is 4.79 Å². The van der Waals surface area contributed by atoms with E-state index in [9.17, 15) is 14.7 Å². The molecular weight excluding hydrogens is 378 g/mol. The van der Waals surface area contributed by atoms with Crippen LogP contribution in [0.1, 0.15) is 26.3 Å². The quantitative estimate of drug-likeness (QED) is 0.454. The van der Waals surface area contributed by atoms with Gasteiger partial charge in [0, 0.05) is 15.6 Å². The zero-order valence-corrected chi connectivity index (χ0v) is 16.0. The second-order valence-corrected chi connectivity index (χ2v) is 7.98. The monoisotopic (exact) mass is 393 g/mol. The topological polar surface area (TPSA) is 66.4 Å². The van der Waals surface area contributed by atoms with Crippen LogP contribution in [0.15, 0.2) is 59.3 Å². The molecule has 2 heterocycles. The van der Waals surface area contributed by atoms with E-state index in [-0.39, 0.29) is 11.5 Å². The summed E-state index contributed by atoms with van der Waals surface area (Å²) < 4.78 is 1.11. The van der Waals surface area contributed by atoms with Crippen LogP contribution in [-0.2, 0) is 0 Å². The van der Waals surface area contributed by atoms with Crippen molar-refractivity contribution in [1.82, 2.24) is 0 Å². The molecule has 4 aromatic rings. The number of carbonyl (C=O) groups excluding carboxylic acids is 1. The minimum atomic E-state index is -1.06. The van der Waals surface area contributed by atoms with Gasteiger partial charge in [-0.15, -0.1) is 22.7 Å². The van der Waals surface area contributed by atoms with Crippen LogP contribution in [0.25, 0.3) is 20.5 Å². The number of hydrogen-bond acceptors (Lipinski definition) is 4. The Morgan fingerprint density at radius 2 is 1.78 bits per heavy atom. The normalized spacial score (nSPS) is 10.9. The maximum atomic E-state index is 12.6. The van der Waals surface area contributed by atoms with Crippen LogP contribution in [-0.4, -0.2) is 17.0 Å². The highest BCUT2D eigenvalue weighted by Crippen LogP contribution is 2.36. The molecule has 2 aromatic heterocycles. The number of amides is 1. The van der Waals surface area contributed by atoms with Crippen molar-refractivity contribution in [3.8, 4) is 10.4 Å². The van der Waals surface area contributed by atoms with E-state index >= 15 is 0 Å². The van der Waals surface area contributed by atoms with Crippen LogP contribution in [0, 0.1) is 6.92 Å². The lowest BCUT2D eigenvalue weighted by Gasteiger charge is -2.07. The maximum Gasteiger partial charge on any atom is 0.339 e. The number of hydrogen-bond donors (Lipinski definition) is 2. The van der Waals surface area contributed by atoms with Crippen molar-refractivity contribution >= 4 is 50.3 Å². The highest BCUT2D eigenvalue weighted by molar-refractivity contribution is 7.17. The molecular formula is C21H15NO3S2. The molecule has 4 rings (SSSR count). The van der Waals surface area contributed by atoms with Crippen molar-refractivity contribution in [2.24, 2.45) is 0 Å². The summed E-state index contributed by atoms with van der Waals surface area (Å²) in [4.78, 5) is 25.1. The molecule has 0 atom stereocenters. The molecule has 2 N–H and O–H groups in total. The van der Waals surface area contributed by atoms with Gasteiger partial charge in [0.1, 0.15) is 5.56 Å². The minimum absolute atomic E-state index is 0.119. The Labute approximate surface area is 163 Å². The van der Waals surface area contributed by atoms with E-state index in [1.807, 2.05) is 54.8 Å². The number of nitrogens with one attached hydrogen (secondary N) is 1. The van der Waals surface area contributed by atoms with E-state index in [1.165, 1.54) is 11.3 Å². The summed E-state index contributed by atoms with van der Waals surface area (Å²) in [6, 6.07) is 15.1. The molecule has 4 nitrogen and oxygen atoms in total. The summed E-state index contributed by atoms with van der Waals surface area (Å²) in [6.07, 6.45) is 0. The molecule has 134 valence electrons. The molecule has 0 radical (unpaired) electrons. The average Bonchev–Trinajstić information content (AvgIpc) is 3.28. The number of fused-ring (bicyclic) bond motifs is 1. The van der Waals surface area contributed by atoms with Crippen LogP contribution in [0.3, 0.4) is 0 Å². The third kappa shape index (κ3) is 3.37. The van der Waals surface area contributed by atoms with E-state index in [1.54, 1.807) is 22.8 Å². The van der Waals surface area contributed by atoms with Crippen molar-refractivity contribution in [3.63, 3.8) is 0 Å². The number of aromatic carboxylic acids is 1. The van der Waals surface area contributed by atoms with Gasteiger partial charge in [0.15, 0.2) is 0 Å². The molecule has 27 heavy (non-hydrogen) atoms. The van der Waals surface area contributed by atoms with Gasteiger partial charge in [-0.1, -0.05) is 29.8 Å². The van der Waals surface area contributed by atoms with Crippen molar-refractivity contribution in [3.05, 3.63) is 76.0 Å². The smallest absolute Gasteiger partial charge is 0.339 e. The molecule has 0 aliphatic heterocycles. The molecule has 0 saturated heterocycles. The van der Waals surface area contributed by atoms with Gasteiger partial charge in [-0.25, -0.2) is 4.79 Å². The fourth-order valence-electron chi connectivity index (χ4n) is 2.88. The fourth-order valence-corrected chi connectivity index (χ4v) is 4.65. The van der Waals surface area contributed by atoms with Gasteiger partial charge in [-0.2, -0.15) is 0 Å². The SMILES string of the molecule is Cc1ccc(-c2scc(NC(=O)c3ccc4sccc4c3)c2C(=O)O)cc1. The van der Waals surface area contributed by atoms with Crippen LogP contribution in [0.4, 0.5) is 5.69 Å². The summed E-state index contributed by atoms with van der Waals surface area (Å²) in [5, 5.41) is 17.1. The van der Waals surface area contributed by atoms with Gasteiger partial charge < -0.3 is 10.4 Å². The Morgan fingerprint density at radius 3 is 2.52 bits per heavy atom. The zero-order chi connectivity index (χ0) is 19.0.